The van der Waals surface area contributed by atoms with Crippen molar-refractivity contribution >= 4 is 11.8 Å². The van der Waals surface area contributed by atoms with Crippen LogP contribution in [0, 0.1) is 0 Å². The number of ether oxygens (including phenoxy) is 1. The largest absolute Gasteiger partial charge is 0.457 e. The summed E-state index contributed by atoms with van der Waals surface area (Å²) in [6.45, 7) is 1.79. The van der Waals surface area contributed by atoms with E-state index in [1.165, 1.54) is 0 Å². The van der Waals surface area contributed by atoms with Gasteiger partial charge in [0.2, 0.25) is 5.91 Å². The second-order valence-corrected chi connectivity index (χ2v) is 7.47. The van der Waals surface area contributed by atoms with Gasteiger partial charge in [0.05, 0.1) is 18.9 Å². The molecular weight excluding hydrogens is 416 g/mol. The normalized spacial score (nSPS) is 11.4. The van der Waals surface area contributed by atoms with Gasteiger partial charge < -0.3 is 19.9 Å². The Morgan fingerprint density at radius 1 is 0.939 bits per heavy atom. The SMILES string of the molecule is C[C@H](NC(=O)CNC(=O)c1ccc(Oc2ccccc2)cc1)c1ccc(-n2ccnc2)cc1. The lowest BCUT2D eigenvalue weighted by Crippen LogP contribution is -2.38. The van der Waals surface area contributed by atoms with Gasteiger partial charge in [0.25, 0.3) is 5.91 Å². The van der Waals surface area contributed by atoms with Crippen molar-refractivity contribution in [1.29, 1.82) is 0 Å². The molecular formula is C26H24N4O3. The maximum Gasteiger partial charge on any atom is 0.251 e. The highest BCUT2D eigenvalue weighted by atomic mass is 16.5. The first-order valence-electron chi connectivity index (χ1n) is 10.6. The van der Waals surface area contributed by atoms with Crippen LogP contribution >= 0.6 is 0 Å². The van der Waals surface area contributed by atoms with Gasteiger partial charge in [-0.2, -0.15) is 0 Å². The van der Waals surface area contributed by atoms with Crippen LogP contribution in [0.4, 0.5) is 0 Å². The fourth-order valence-corrected chi connectivity index (χ4v) is 3.28. The Balaban J connectivity index is 1.25. The molecule has 33 heavy (non-hydrogen) atoms. The summed E-state index contributed by atoms with van der Waals surface area (Å²) in [5.41, 5.74) is 2.40. The van der Waals surface area contributed by atoms with E-state index >= 15 is 0 Å². The second kappa shape index (κ2) is 10.3. The lowest BCUT2D eigenvalue weighted by molar-refractivity contribution is -0.120. The van der Waals surface area contributed by atoms with Gasteiger partial charge in [-0.1, -0.05) is 30.3 Å². The number of benzene rings is 3. The molecule has 0 radical (unpaired) electrons. The number of rotatable bonds is 8. The van der Waals surface area contributed by atoms with E-state index in [2.05, 4.69) is 15.6 Å². The Hall–Kier alpha value is -4.39. The molecule has 0 aliphatic rings. The van der Waals surface area contributed by atoms with Crippen molar-refractivity contribution < 1.29 is 14.3 Å². The highest BCUT2D eigenvalue weighted by molar-refractivity contribution is 5.96. The quantitative estimate of drug-likeness (QED) is 0.428. The number of para-hydroxylation sites is 1. The predicted octanol–water partition coefficient (Wildman–Crippen LogP) is 4.27. The van der Waals surface area contributed by atoms with E-state index in [1.54, 1.807) is 36.8 Å². The fraction of sp³-hybridized carbons (Fsp3) is 0.115. The van der Waals surface area contributed by atoms with Crippen LogP contribution in [0.25, 0.3) is 5.69 Å². The molecule has 0 bridgehead atoms. The summed E-state index contributed by atoms with van der Waals surface area (Å²) in [5, 5.41) is 5.55. The van der Waals surface area contributed by atoms with Gasteiger partial charge in [-0.25, -0.2) is 4.98 Å². The number of aromatic nitrogens is 2. The number of imidazole rings is 1. The lowest BCUT2D eigenvalue weighted by atomic mass is 10.1. The zero-order valence-electron chi connectivity index (χ0n) is 18.1. The Labute approximate surface area is 192 Å². The van der Waals surface area contributed by atoms with Crippen LogP contribution in [0.3, 0.4) is 0 Å². The Bertz CT molecular complexity index is 1190. The number of amides is 2. The van der Waals surface area contributed by atoms with Crippen molar-refractivity contribution in [3.05, 3.63) is 109 Å². The Morgan fingerprint density at radius 3 is 2.30 bits per heavy atom. The molecule has 4 aromatic rings. The number of hydrogen-bond acceptors (Lipinski definition) is 4. The highest BCUT2D eigenvalue weighted by Gasteiger charge is 2.12. The molecule has 0 saturated carbocycles. The summed E-state index contributed by atoms with van der Waals surface area (Å²) in [7, 11) is 0. The molecule has 7 heteroatoms. The standard InChI is InChI=1S/C26H24N4O3/c1-19(20-7-11-22(12-8-20)30-16-15-27-18-30)29-25(31)17-28-26(32)21-9-13-24(14-10-21)33-23-5-3-2-4-6-23/h2-16,18-19H,17H2,1H3,(H,28,32)(H,29,31)/t19-/m0/s1. The minimum Gasteiger partial charge on any atom is -0.457 e. The maximum absolute atomic E-state index is 12.4. The first kappa shape index (κ1) is 21.8. The molecule has 2 amide bonds. The van der Waals surface area contributed by atoms with E-state index < -0.39 is 0 Å². The molecule has 0 fully saturated rings. The van der Waals surface area contributed by atoms with Crippen molar-refractivity contribution in [2.75, 3.05) is 6.54 Å². The third kappa shape index (κ3) is 5.86. The number of carbonyl (C=O) groups is 2. The number of hydrogen-bond donors (Lipinski definition) is 2. The minimum atomic E-state index is -0.325. The van der Waals surface area contributed by atoms with E-state index in [0.29, 0.717) is 11.3 Å². The number of carbonyl (C=O) groups excluding carboxylic acids is 2. The smallest absolute Gasteiger partial charge is 0.251 e. The fourth-order valence-electron chi connectivity index (χ4n) is 3.28. The van der Waals surface area contributed by atoms with E-state index in [0.717, 1.165) is 17.0 Å². The van der Waals surface area contributed by atoms with Gasteiger partial charge >= 0.3 is 0 Å². The number of nitrogens with zero attached hydrogens (tertiary/aromatic N) is 2. The molecule has 0 aliphatic heterocycles. The molecule has 0 unspecified atom stereocenters. The topological polar surface area (TPSA) is 85.3 Å². The molecule has 7 nitrogen and oxygen atoms in total. The molecule has 3 aromatic carbocycles. The first-order valence-corrected chi connectivity index (χ1v) is 10.6. The van der Waals surface area contributed by atoms with Gasteiger partial charge in [0, 0.05) is 23.6 Å². The monoisotopic (exact) mass is 440 g/mol. The lowest BCUT2D eigenvalue weighted by Gasteiger charge is -2.15. The van der Waals surface area contributed by atoms with Crippen molar-refractivity contribution in [1.82, 2.24) is 20.2 Å². The molecule has 0 spiro atoms. The molecule has 1 heterocycles. The van der Waals surface area contributed by atoms with Crippen LogP contribution in [-0.4, -0.2) is 27.9 Å². The molecule has 2 N–H and O–H groups in total. The van der Waals surface area contributed by atoms with Crippen LogP contribution in [0.15, 0.2) is 97.6 Å². The van der Waals surface area contributed by atoms with Gasteiger partial charge in [0.15, 0.2) is 0 Å². The third-order valence-electron chi connectivity index (χ3n) is 5.08. The Kier molecular flexibility index (Phi) is 6.80. The van der Waals surface area contributed by atoms with Crippen LogP contribution in [0.5, 0.6) is 11.5 Å². The van der Waals surface area contributed by atoms with Gasteiger partial charge in [-0.15, -0.1) is 0 Å². The molecule has 1 aromatic heterocycles. The summed E-state index contributed by atoms with van der Waals surface area (Å²) in [6, 6.07) is 23.8. The van der Waals surface area contributed by atoms with E-state index in [-0.39, 0.29) is 24.4 Å². The molecule has 0 saturated heterocycles. The average molecular weight is 441 g/mol. The van der Waals surface area contributed by atoms with Crippen molar-refractivity contribution in [2.45, 2.75) is 13.0 Å². The van der Waals surface area contributed by atoms with Crippen molar-refractivity contribution in [3.8, 4) is 17.2 Å². The molecule has 1 atom stereocenters. The van der Waals surface area contributed by atoms with E-state index in [1.807, 2.05) is 72.3 Å². The maximum atomic E-state index is 12.4. The summed E-state index contributed by atoms with van der Waals surface area (Å²) in [6.07, 6.45) is 5.32. The Morgan fingerprint density at radius 2 is 1.64 bits per heavy atom. The van der Waals surface area contributed by atoms with Gasteiger partial charge in [0.1, 0.15) is 11.5 Å². The van der Waals surface area contributed by atoms with Crippen LogP contribution in [0.2, 0.25) is 0 Å². The van der Waals surface area contributed by atoms with Crippen molar-refractivity contribution in [3.63, 3.8) is 0 Å². The van der Waals surface area contributed by atoms with Gasteiger partial charge in [-0.3, -0.25) is 9.59 Å². The molecule has 0 aliphatic carbocycles. The van der Waals surface area contributed by atoms with Gasteiger partial charge in [-0.05, 0) is 61.0 Å². The minimum absolute atomic E-state index is 0.113. The summed E-state index contributed by atoms with van der Waals surface area (Å²) in [5.74, 6) is 0.757. The highest BCUT2D eigenvalue weighted by Crippen LogP contribution is 2.21. The third-order valence-corrected chi connectivity index (χ3v) is 5.08. The first-order chi connectivity index (χ1) is 16.1. The summed E-state index contributed by atoms with van der Waals surface area (Å²) in [4.78, 5) is 28.7. The summed E-state index contributed by atoms with van der Waals surface area (Å²) >= 11 is 0. The zero-order chi connectivity index (χ0) is 23.0. The van der Waals surface area contributed by atoms with Crippen LogP contribution in [-0.2, 0) is 4.79 Å². The van der Waals surface area contributed by atoms with E-state index in [4.69, 9.17) is 4.74 Å². The number of nitrogens with one attached hydrogen (secondary N) is 2. The predicted molar refractivity (Wildman–Crippen MR) is 125 cm³/mol. The van der Waals surface area contributed by atoms with Crippen LogP contribution < -0.4 is 15.4 Å². The van der Waals surface area contributed by atoms with Crippen molar-refractivity contribution in [2.24, 2.45) is 0 Å². The second-order valence-electron chi connectivity index (χ2n) is 7.47. The summed E-state index contributed by atoms with van der Waals surface area (Å²) < 4.78 is 7.63. The zero-order valence-corrected chi connectivity index (χ0v) is 18.1. The average Bonchev–Trinajstić information content (AvgIpc) is 3.39. The molecule has 4 rings (SSSR count). The van der Waals surface area contributed by atoms with E-state index in [9.17, 15) is 9.59 Å². The molecule has 166 valence electrons. The van der Waals surface area contributed by atoms with Crippen LogP contribution in [0.1, 0.15) is 28.9 Å².